The van der Waals surface area contributed by atoms with Crippen molar-refractivity contribution < 1.29 is 27.6 Å². The SMILES string of the molecule is CCN1CCN(C(=O)N(Cc2ccc(C(=O)NNC(=O)C(F)(F)F)cc2)c2ccccc2)CC1. The fourth-order valence-corrected chi connectivity index (χ4v) is 3.50. The molecule has 0 saturated carbocycles. The molecule has 2 aromatic rings. The highest BCUT2D eigenvalue weighted by molar-refractivity contribution is 5.96. The molecule has 0 bridgehead atoms. The molecule has 1 heterocycles. The standard InChI is InChI=1S/C23H26F3N5O3/c1-2-29-12-14-30(15-13-29)22(34)31(19-6-4-3-5-7-19)16-17-8-10-18(11-9-17)20(32)27-28-21(33)23(24,25)26/h3-11H,2,12-16H2,1H3,(H,27,32)(H,28,33). The van der Waals surface area contributed by atoms with Gasteiger partial charge in [0.05, 0.1) is 6.54 Å². The Morgan fingerprint density at radius 1 is 0.912 bits per heavy atom. The van der Waals surface area contributed by atoms with Crippen LogP contribution in [0, 0.1) is 0 Å². The molecule has 0 unspecified atom stereocenters. The summed E-state index contributed by atoms with van der Waals surface area (Å²) in [6, 6.07) is 15.1. The summed E-state index contributed by atoms with van der Waals surface area (Å²) in [4.78, 5) is 42.0. The van der Waals surface area contributed by atoms with Crippen molar-refractivity contribution >= 4 is 23.5 Å². The van der Waals surface area contributed by atoms with Gasteiger partial charge < -0.3 is 9.80 Å². The van der Waals surface area contributed by atoms with Gasteiger partial charge in [-0.2, -0.15) is 13.2 Å². The molecular formula is C23H26F3N5O3. The average molecular weight is 477 g/mol. The van der Waals surface area contributed by atoms with Crippen molar-refractivity contribution in [3.05, 3.63) is 65.7 Å². The summed E-state index contributed by atoms with van der Waals surface area (Å²) in [6.07, 6.45) is -5.10. The number of carbonyl (C=O) groups is 3. The van der Waals surface area contributed by atoms with Gasteiger partial charge in [0.25, 0.3) is 5.91 Å². The Kier molecular flexibility index (Phi) is 8.11. The molecule has 0 radical (unpaired) electrons. The van der Waals surface area contributed by atoms with E-state index in [9.17, 15) is 27.6 Å². The maximum atomic E-state index is 13.3. The van der Waals surface area contributed by atoms with Gasteiger partial charge in [0.15, 0.2) is 0 Å². The highest BCUT2D eigenvalue weighted by atomic mass is 19.4. The summed E-state index contributed by atoms with van der Waals surface area (Å²) in [5.41, 5.74) is 4.55. The fraction of sp³-hybridized carbons (Fsp3) is 0.348. The first-order chi connectivity index (χ1) is 16.2. The van der Waals surface area contributed by atoms with Crippen LogP contribution >= 0.6 is 0 Å². The van der Waals surface area contributed by atoms with Gasteiger partial charge in [0.2, 0.25) is 0 Å². The Labute approximate surface area is 195 Å². The molecule has 182 valence electrons. The van der Waals surface area contributed by atoms with E-state index in [1.54, 1.807) is 22.5 Å². The molecule has 0 atom stereocenters. The van der Waals surface area contributed by atoms with Gasteiger partial charge in [-0.1, -0.05) is 37.3 Å². The van der Waals surface area contributed by atoms with Crippen LogP contribution in [0.5, 0.6) is 0 Å². The molecule has 0 spiro atoms. The lowest BCUT2D eigenvalue weighted by Crippen LogP contribution is -2.52. The minimum absolute atomic E-state index is 0.0551. The maximum absolute atomic E-state index is 13.3. The molecular weight excluding hydrogens is 451 g/mol. The molecule has 0 aromatic heterocycles. The number of rotatable bonds is 5. The minimum Gasteiger partial charge on any atom is -0.322 e. The molecule has 1 aliphatic rings. The molecule has 3 rings (SSSR count). The van der Waals surface area contributed by atoms with E-state index < -0.39 is 18.0 Å². The van der Waals surface area contributed by atoms with Crippen molar-refractivity contribution in [3.8, 4) is 0 Å². The Balaban J connectivity index is 1.69. The van der Waals surface area contributed by atoms with Gasteiger partial charge in [0, 0.05) is 37.4 Å². The largest absolute Gasteiger partial charge is 0.472 e. The van der Waals surface area contributed by atoms with Crippen LogP contribution in [0.25, 0.3) is 0 Å². The van der Waals surface area contributed by atoms with Crippen LogP contribution < -0.4 is 15.8 Å². The molecule has 1 fully saturated rings. The van der Waals surface area contributed by atoms with E-state index in [4.69, 9.17) is 0 Å². The smallest absolute Gasteiger partial charge is 0.322 e. The molecule has 2 N–H and O–H groups in total. The van der Waals surface area contributed by atoms with Gasteiger partial charge in [-0.25, -0.2) is 4.79 Å². The van der Waals surface area contributed by atoms with Gasteiger partial charge in [-0.05, 0) is 36.4 Å². The fourth-order valence-electron chi connectivity index (χ4n) is 3.50. The van der Waals surface area contributed by atoms with Gasteiger partial charge in [-0.3, -0.25) is 25.3 Å². The first-order valence-corrected chi connectivity index (χ1v) is 10.8. The van der Waals surface area contributed by atoms with Crippen molar-refractivity contribution in [1.29, 1.82) is 0 Å². The first kappa shape index (κ1) is 25.0. The van der Waals surface area contributed by atoms with E-state index in [0.29, 0.717) is 13.1 Å². The molecule has 4 amide bonds. The van der Waals surface area contributed by atoms with E-state index in [1.165, 1.54) is 17.6 Å². The van der Waals surface area contributed by atoms with Crippen molar-refractivity contribution in [2.24, 2.45) is 0 Å². The Bertz CT molecular complexity index is 991. The zero-order chi connectivity index (χ0) is 24.7. The molecule has 2 aromatic carbocycles. The third-order valence-corrected chi connectivity index (χ3v) is 5.49. The van der Waals surface area contributed by atoms with Gasteiger partial charge in [0.1, 0.15) is 0 Å². The van der Waals surface area contributed by atoms with Crippen LogP contribution in [0.1, 0.15) is 22.8 Å². The summed E-state index contributed by atoms with van der Waals surface area (Å²) in [5, 5.41) is 0. The number of nitrogens with one attached hydrogen (secondary N) is 2. The first-order valence-electron chi connectivity index (χ1n) is 10.8. The number of alkyl halides is 3. The third kappa shape index (κ3) is 6.47. The van der Waals surface area contributed by atoms with E-state index in [2.05, 4.69) is 11.8 Å². The number of benzene rings is 2. The number of amides is 4. The summed E-state index contributed by atoms with van der Waals surface area (Å²) < 4.78 is 36.8. The number of hydrogen-bond acceptors (Lipinski definition) is 4. The number of hydrazine groups is 1. The number of halogens is 3. The summed E-state index contributed by atoms with van der Waals surface area (Å²) in [6.45, 7) is 6.12. The summed E-state index contributed by atoms with van der Waals surface area (Å²) in [7, 11) is 0. The lowest BCUT2D eigenvalue weighted by atomic mass is 10.1. The summed E-state index contributed by atoms with van der Waals surface area (Å²) in [5.74, 6) is -3.16. The van der Waals surface area contributed by atoms with Crippen LogP contribution in [0.2, 0.25) is 0 Å². The zero-order valence-electron chi connectivity index (χ0n) is 18.6. The number of likely N-dealkylation sites (N-methyl/N-ethyl adjacent to an activating group) is 1. The quantitative estimate of drug-likeness (QED) is 0.649. The van der Waals surface area contributed by atoms with Crippen LogP contribution in [0.4, 0.5) is 23.7 Å². The highest BCUT2D eigenvalue weighted by Crippen LogP contribution is 2.20. The maximum Gasteiger partial charge on any atom is 0.472 e. The second-order valence-electron chi connectivity index (χ2n) is 7.73. The summed E-state index contributed by atoms with van der Waals surface area (Å²) >= 11 is 0. The number of nitrogens with zero attached hydrogens (tertiary/aromatic N) is 3. The van der Waals surface area contributed by atoms with E-state index in [-0.39, 0.29) is 18.1 Å². The molecule has 11 heteroatoms. The second-order valence-corrected chi connectivity index (χ2v) is 7.73. The Hall–Kier alpha value is -3.60. The van der Waals surface area contributed by atoms with E-state index in [0.717, 1.165) is 30.9 Å². The zero-order valence-corrected chi connectivity index (χ0v) is 18.6. The van der Waals surface area contributed by atoms with Crippen molar-refractivity contribution in [1.82, 2.24) is 20.7 Å². The number of anilines is 1. The number of carbonyl (C=O) groups excluding carboxylic acids is 3. The van der Waals surface area contributed by atoms with Crippen LogP contribution in [0.15, 0.2) is 54.6 Å². The van der Waals surface area contributed by atoms with Crippen molar-refractivity contribution in [3.63, 3.8) is 0 Å². The third-order valence-electron chi connectivity index (χ3n) is 5.49. The van der Waals surface area contributed by atoms with Gasteiger partial charge in [-0.15, -0.1) is 0 Å². The van der Waals surface area contributed by atoms with Crippen LogP contribution in [0.3, 0.4) is 0 Å². The average Bonchev–Trinajstić information content (AvgIpc) is 2.85. The van der Waals surface area contributed by atoms with Crippen molar-refractivity contribution in [2.75, 3.05) is 37.6 Å². The molecule has 1 saturated heterocycles. The lowest BCUT2D eigenvalue weighted by molar-refractivity contribution is -0.174. The molecule has 0 aliphatic carbocycles. The topological polar surface area (TPSA) is 85.0 Å². The van der Waals surface area contributed by atoms with E-state index >= 15 is 0 Å². The molecule has 8 nitrogen and oxygen atoms in total. The number of hydrogen-bond donors (Lipinski definition) is 2. The predicted octanol–water partition coefficient (Wildman–Crippen LogP) is 2.77. The monoisotopic (exact) mass is 477 g/mol. The van der Waals surface area contributed by atoms with Gasteiger partial charge >= 0.3 is 18.1 Å². The number of urea groups is 1. The van der Waals surface area contributed by atoms with Crippen molar-refractivity contribution in [2.45, 2.75) is 19.6 Å². The molecule has 34 heavy (non-hydrogen) atoms. The normalized spacial score (nSPS) is 14.4. The highest BCUT2D eigenvalue weighted by Gasteiger charge is 2.39. The Morgan fingerprint density at radius 3 is 2.09 bits per heavy atom. The molecule has 1 aliphatic heterocycles. The predicted molar refractivity (Wildman–Crippen MR) is 120 cm³/mol. The van der Waals surface area contributed by atoms with E-state index in [1.807, 2.05) is 35.2 Å². The van der Waals surface area contributed by atoms with Crippen LogP contribution in [-0.4, -0.2) is 66.5 Å². The van der Waals surface area contributed by atoms with Crippen LogP contribution in [-0.2, 0) is 11.3 Å². The number of para-hydroxylation sites is 1. The lowest BCUT2D eigenvalue weighted by Gasteiger charge is -2.37. The minimum atomic E-state index is -5.10. The Morgan fingerprint density at radius 2 is 1.53 bits per heavy atom. The second kappa shape index (κ2) is 11.0. The number of piperazine rings is 1.